The monoisotopic (exact) mass is 973 g/mol. The predicted molar refractivity (Wildman–Crippen MR) is 275 cm³/mol. The number of carboxylic acids is 1. The molecule has 6 unspecified atom stereocenters. The topological polar surface area (TPSA) is 175 Å². The van der Waals surface area contributed by atoms with Gasteiger partial charge in [0.25, 0.3) is 0 Å². The quantitative estimate of drug-likeness (QED) is 0.0228. The summed E-state index contributed by atoms with van der Waals surface area (Å²) in [7, 11) is 0. The average molecular weight is 973 g/mol. The van der Waals surface area contributed by atoms with Crippen LogP contribution in [-0.4, -0.2) is 89.2 Å². The molecule has 0 amide bonds. The van der Waals surface area contributed by atoms with Crippen molar-refractivity contribution in [2.45, 2.75) is 263 Å². The molecule has 1 aliphatic heterocycles. The highest BCUT2D eigenvalue weighted by Gasteiger charge is 2.50. The summed E-state index contributed by atoms with van der Waals surface area (Å²) in [5.74, 6) is -3.16. The molecule has 1 rings (SSSR count). The molecular weight excluding hydrogens is 877 g/mol. The van der Waals surface area contributed by atoms with E-state index in [1.807, 2.05) is 0 Å². The number of ether oxygens (including phenoxy) is 5. The first-order valence-corrected chi connectivity index (χ1v) is 27.3. The first-order valence-electron chi connectivity index (χ1n) is 27.3. The molecule has 3 N–H and O–H groups in total. The molecule has 1 aliphatic rings. The lowest BCUT2D eigenvalue weighted by Gasteiger charge is -2.40. The molecule has 0 aromatic rings. The van der Waals surface area contributed by atoms with Gasteiger partial charge in [0.15, 0.2) is 24.6 Å². The Balaban J connectivity index is 2.71. The van der Waals surface area contributed by atoms with Crippen molar-refractivity contribution in [2.75, 3.05) is 13.2 Å². The number of hydrogen-bond acceptors (Lipinski definition) is 11. The number of hydrogen-bond donors (Lipinski definition) is 3. The van der Waals surface area contributed by atoms with Crippen LogP contribution in [0.2, 0.25) is 0 Å². The van der Waals surface area contributed by atoms with Crippen molar-refractivity contribution >= 4 is 23.9 Å². The minimum Gasteiger partial charge on any atom is -0.479 e. The van der Waals surface area contributed by atoms with Gasteiger partial charge in [-0.15, -0.1) is 0 Å². The molecule has 0 bridgehead atoms. The fourth-order valence-corrected chi connectivity index (χ4v) is 7.88. The Morgan fingerprint density at radius 1 is 0.493 bits per heavy atom. The van der Waals surface area contributed by atoms with Crippen molar-refractivity contribution in [1.29, 1.82) is 0 Å². The molecule has 1 saturated heterocycles. The number of allylic oxidation sites excluding steroid dienone is 10. The minimum absolute atomic E-state index is 0.0318. The molecule has 0 radical (unpaired) electrons. The fourth-order valence-electron chi connectivity index (χ4n) is 7.88. The average Bonchev–Trinajstić information content (AvgIpc) is 3.33. The van der Waals surface area contributed by atoms with Gasteiger partial charge in [-0.3, -0.25) is 14.4 Å². The Morgan fingerprint density at radius 3 is 1.42 bits per heavy atom. The lowest BCUT2D eigenvalue weighted by molar-refractivity contribution is -0.301. The number of rotatable bonds is 45. The molecule has 0 aliphatic carbocycles. The van der Waals surface area contributed by atoms with Gasteiger partial charge < -0.3 is 39.0 Å². The lowest BCUT2D eigenvalue weighted by atomic mass is 9.98. The summed E-state index contributed by atoms with van der Waals surface area (Å²) in [6, 6.07) is 0. The van der Waals surface area contributed by atoms with Crippen LogP contribution >= 0.6 is 0 Å². The number of esters is 3. The number of carboxylic acid groups (broad SMARTS) is 1. The molecule has 1 heterocycles. The number of carbonyl (C=O) groups is 4. The molecular formula is C57H96O12. The maximum atomic E-state index is 13.0. The van der Waals surface area contributed by atoms with Crippen LogP contribution in [0.3, 0.4) is 0 Å². The van der Waals surface area contributed by atoms with E-state index in [1.54, 1.807) is 0 Å². The highest BCUT2D eigenvalue weighted by atomic mass is 16.7. The van der Waals surface area contributed by atoms with Crippen molar-refractivity contribution in [1.82, 2.24) is 0 Å². The van der Waals surface area contributed by atoms with Gasteiger partial charge >= 0.3 is 23.9 Å². The van der Waals surface area contributed by atoms with Crippen LogP contribution in [0.25, 0.3) is 0 Å². The van der Waals surface area contributed by atoms with Crippen LogP contribution in [0.15, 0.2) is 60.8 Å². The second-order valence-electron chi connectivity index (χ2n) is 18.5. The van der Waals surface area contributed by atoms with Crippen LogP contribution in [-0.2, 0) is 42.9 Å². The van der Waals surface area contributed by atoms with E-state index in [0.29, 0.717) is 19.3 Å². The third-order valence-electron chi connectivity index (χ3n) is 12.1. The summed E-state index contributed by atoms with van der Waals surface area (Å²) in [5, 5.41) is 31.4. The summed E-state index contributed by atoms with van der Waals surface area (Å²) in [5.41, 5.74) is 0. The normalized spacial score (nSPS) is 19.1. The van der Waals surface area contributed by atoms with Crippen LogP contribution < -0.4 is 0 Å². The molecule has 6 atom stereocenters. The molecule has 0 aromatic heterocycles. The maximum Gasteiger partial charge on any atom is 0.335 e. The summed E-state index contributed by atoms with van der Waals surface area (Å²) >= 11 is 0. The van der Waals surface area contributed by atoms with Gasteiger partial charge in [0.05, 0.1) is 6.61 Å². The largest absolute Gasteiger partial charge is 0.479 e. The van der Waals surface area contributed by atoms with E-state index in [0.717, 1.165) is 109 Å². The Hall–Kier alpha value is -3.58. The van der Waals surface area contributed by atoms with E-state index in [9.17, 15) is 34.5 Å². The SMILES string of the molecule is CC/C=C\C/C=C\C/C=C\C/C=C\CCCCCCC(=O)OC1C(OCC(COC(=O)CCCCCCC/C=C\CCCCCC)OC(=O)CCCCCCCCCCC)OC(C(=O)O)C(O)C1O. The summed E-state index contributed by atoms with van der Waals surface area (Å²) < 4.78 is 28.3. The smallest absolute Gasteiger partial charge is 0.335 e. The third kappa shape index (κ3) is 36.1. The first kappa shape index (κ1) is 63.4. The third-order valence-corrected chi connectivity index (χ3v) is 12.1. The van der Waals surface area contributed by atoms with Crippen molar-refractivity contribution < 1.29 is 58.2 Å². The Labute approximate surface area is 417 Å². The number of aliphatic hydroxyl groups excluding tert-OH is 2. The molecule has 12 heteroatoms. The van der Waals surface area contributed by atoms with Gasteiger partial charge in [0, 0.05) is 19.3 Å². The highest BCUT2D eigenvalue weighted by Crippen LogP contribution is 2.26. The minimum atomic E-state index is -1.91. The highest BCUT2D eigenvalue weighted by molar-refractivity contribution is 5.74. The molecule has 69 heavy (non-hydrogen) atoms. The summed E-state index contributed by atoms with van der Waals surface area (Å²) in [6.45, 7) is 5.80. The van der Waals surface area contributed by atoms with Gasteiger partial charge in [0.2, 0.25) is 0 Å². The Bertz CT molecular complexity index is 1440. The van der Waals surface area contributed by atoms with Gasteiger partial charge in [-0.1, -0.05) is 184 Å². The zero-order valence-electron chi connectivity index (χ0n) is 43.3. The van der Waals surface area contributed by atoms with Crippen molar-refractivity contribution in [2.24, 2.45) is 0 Å². The fraction of sp³-hybridized carbons (Fsp3) is 0.754. The van der Waals surface area contributed by atoms with Gasteiger partial charge in [-0.05, 0) is 83.5 Å². The van der Waals surface area contributed by atoms with Crippen molar-refractivity contribution in [3.63, 3.8) is 0 Å². The standard InChI is InChI=1S/C57H96O12/c1-4-7-10-13-16-19-21-23-24-25-26-28-30-33-36-39-42-45-51(60)68-55-53(62)52(61)54(56(63)64)69-57(55)66-47-48(67-50(59)44-41-38-35-31-18-15-12-9-6-3)46-65-49(58)43-40-37-34-32-29-27-22-20-17-14-11-8-5-2/h7,10,16,19-20,22-24,26,28,48,52-55,57,61-62H,4-6,8-9,11-15,17-18,21,25,27,29-47H2,1-3H3,(H,63,64)/b10-7-,19-16-,22-20-,24-23-,28-26-. The summed E-state index contributed by atoms with van der Waals surface area (Å²) in [4.78, 5) is 50.8. The van der Waals surface area contributed by atoms with Crippen LogP contribution in [0, 0.1) is 0 Å². The van der Waals surface area contributed by atoms with E-state index >= 15 is 0 Å². The number of aliphatic carboxylic acids is 1. The maximum absolute atomic E-state index is 13.0. The van der Waals surface area contributed by atoms with E-state index in [2.05, 4.69) is 81.5 Å². The van der Waals surface area contributed by atoms with Crippen LogP contribution in [0.5, 0.6) is 0 Å². The van der Waals surface area contributed by atoms with Gasteiger partial charge in [-0.2, -0.15) is 0 Å². The second-order valence-corrected chi connectivity index (χ2v) is 18.5. The molecule has 0 saturated carbocycles. The first-order chi connectivity index (χ1) is 33.6. The van der Waals surface area contributed by atoms with Crippen LogP contribution in [0.1, 0.15) is 226 Å². The lowest BCUT2D eigenvalue weighted by Crippen LogP contribution is -2.61. The van der Waals surface area contributed by atoms with Gasteiger partial charge in [0.1, 0.15) is 18.8 Å². The van der Waals surface area contributed by atoms with E-state index in [-0.39, 0.29) is 25.9 Å². The Kier molecular flexibility index (Phi) is 41.9. The van der Waals surface area contributed by atoms with E-state index in [4.69, 9.17) is 23.7 Å². The number of unbranched alkanes of at least 4 members (excludes halogenated alkanes) is 21. The summed E-state index contributed by atoms with van der Waals surface area (Å²) in [6.07, 6.45) is 42.1. The second kappa shape index (κ2) is 45.6. The zero-order chi connectivity index (χ0) is 50.4. The molecule has 1 fully saturated rings. The Morgan fingerprint density at radius 2 is 0.913 bits per heavy atom. The molecule has 396 valence electrons. The van der Waals surface area contributed by atoms with Gasteiger partial charge in [-0.25, -0.2) is 4.79 Å². The zero-order valence-corrected chi connectivity index (χ0v) is 43.3. The number of carbonyl (C=O) groups excluding carboxylic acids is 3. The van der Waals surface area contributed by atoms with Crippen molar-refractivity contribution in [3.05, 3.63) is 60.8 Å². The predicted octanol–water partition coefficient (Wildman–Crippen LogP) is 13.2. The van der Waals surface area contributed by atoms with E-state index < -0.39 is 67.3 Å². The van der Waals surface area contributed by atoms with E-state index in [1.165, 1.54) is 57.8 Å². The molecule has 0 aromatic carbocycles. The number of aliphatic hydroxyl groups is 2. The molecule has 12 nitrogen and oxygen atoms in total. The van der Waals surface area contributed by atoms with Crippen molar-refractivity contribution in [3.8, 4) is 0 Å². The molecule has 0 spiro atoms. The van der Waals surface area contributed by atoms with Crippen LogP contribution in [0.4, 0.5) is 0 Å².